The van der Waals surface area contributed by atoms with Crippen molar-refractivity contribution in [1.82, 2.24) is 20.0 Å². The first kappa shape index (κ1) is 26.8. The van der Waals surface area contributed by atoms with Crippen LogP contribution in [0.2, 0.25) is 0 Å². The second-order valence-corrected chi connectivity index (χ2v) is 10.9. The standard InChI is InChI=1S/C33H32N4O4/c1-21(20-37-32(40)26-14-5-10-23-11-6-15-27(29(23)26)33(37)41)34-16-7-17-35(2)18-19-36-30(38)24-12-3-8-22-9-4-13-25(28(22)24)31(36)39/h3-6,8-15,21,34H,7,16-20H2,1-2H3. The van der Waals surface area contributed by atoms with Crippen LogP contribution >= 0.6 is 0 Å². The minimum Gasteiger partial charge on any atom is -0.312 e. The van der Waals surface area contributed by atoms with Gasteiger partial charge in [0.1, 0.15) is 0 Å². The van der Waals surface area contributed by atoms with Crippen LogP contribution < -0.4 is 5.32 Å². The topological polar surface area (TPSA) is 90.0 Å². The maximum atomic E-state index is 13.2. The van der Waals surface area contributed by atoms with E-state index in [4.69, 9.17) is 0 Å². The molecule has 0 saturated heterocycles. The molecule has 1 atom stereocenters. The summed E-state index contributed by atoms with van der Waals surface area (Å²) in [5.74, 6) is -1.01. The largest absolute Gasteiger partial charge is 0.312 e. The summed E-state index contributed by atoms with van der Waals surface area (Å²) < 4.78 is 0. The Morgan fingerprint density at radius 3 is 1.56 bits per heavy atom. The first-order valence-corrected chi connectivity index (χ1v) is 14.0. The predicted octanol–water partition coefficient (Wildman–Crippen LogP) is 4.19. The van der Waals surface area contributed by atoms with E-state index >= 15 is 0 Å². The van der Waals surface area contributed by atoms with E-state index in [1.54, 1.807) is 24.3 Å². The SMILES string of the molecule is CC(CN1C(=O)c2cccc3cccc(c23)C1=O)NCCCN(C)CCN1C(=O)c2cccc3cccc(c23)C1=O. The molecule has 8 heteroatoms. The van der Waals surface area contributed by atoms with Gasteiger partial charge in [0.05, 0.1) is 0 Å². The fraction of sp³-hybridized carbons (Fsp3) is 0.273. The predicted molar refractivity (Wildman–Crippen MR) is 158 cm³/mol. The third kappa shape index (κ3) is 4.79. The average molecular weight is 549 g/mol. The Labute approximate surface area is 238 Å². The molecule has 0 aromatic heterocycles. The minimum atomic E-state index is -0.256. The molecular formula is C33H32N4O4. The van der Waals surface area contributed by atoms with Gasteiger partial charge in [0.2, 0.25) is 0 Å². The van der Waals surface area contributed by atoms with Crippen molar-refractivity contribution in [2.45, 2.75) is 19.4 Å². The molecule has 0 radical (unpaired) electrons. The van der Waals surface area contributed by atoms with E-state index in [9.17, 15) is 19.2 Å². The van der Waals surface area contributed by atoms with Gasteiger partial charge in [-0.05, 0) is 68.5 Å². The van der Waals surface area contributed by atoms with Gasteiger partial charge in [-0.2, -0.15) is 0 Å². The summed E-state index contributed by atoms with van der Waals surface area (Å²) in [5, 5.41) is 6.70. The number of carbonyl (C=O) groups is 4. The molecule has 4 amide bonds. The molecule has 2 heterocycles. The fourth-order valence-corrected chi connectivity index (χ4v) is 5.95. The highest BCUT2D eigenvalue weighted by Crippen LogP contribution is 2.31. The van der Waals surface area contributed by atoms with Crippen LogP contribution in [-0.2, 0) is 0 Å². The molecule has 4 aromatic rings. The number of benzene rings is 4. The molecule has 0 saturated carbocycles. The first-order chi connectivity index (χ1) is 19.8. The maximum absolute atomic E-state index is 13.2. The summed E-state index contributed by atoms with van der Waals surface area (Å²) >= 11 is 0. The van der Waals surface area contributed by atoms with Crippen LogP contribution in [0.1, 0.15) is 54.8 Å². The van der Waals surface area contributed by atoms with E-state index in [0.717, 1.165) is 34.5 Å². The Kier molecular flexibility index (Phi) is 7.11. The Bertz CT molecular complexity index is 1610. The van der Waals surface area contributed by atoms with E-state index in [1.165, 1.54) is 9.80 Å². The number of hydrogen-bond donors (Lipinski definition) is 1. The van der Waals surface area contributed by atoms with Crippen LogP contribution in [-0.4, -0.2) is 84.1 Å². The van der Waals surface area contributed by atoms with Crippen molar-refractivity contribution in [1.29, 1.82) is 0 Å². The van der Waals surface area contributed by atoms with E-state index < -0.39 is 0 Å². The van der Waals surface area contributed by atoms with Gasteiger partial charge in [0.25, 0.3) is 23.6 Å². The number of carbonyl (C=O) groups excluding carboxylic acids is 4. The normalized spacial score (nSPS) is 15.5. The second kappa shape index (κ2) is 10.9. The third-order valence-corrected chi connectivity index (χ3v) is 8.08. The van der Waals surface area contributed by atoms with Crippen molar-refractivity contribution in [2.75, 3.05) is 39.8 Å². The lowest BCUT2D eigenvalue weighted by atomic mass is 9.94. The molecule has 2 aliphatic heterocycles. The molecule has 6 rings (SSSR count). The molecule has 8 nitrogen and oxygen atoms in total. The molecule has 4 aromatic carbocycles. The van der Waals surface area contributed by atoms with E-state index in [1.807, 2.05) is 62.5 Å². The minimum absolute atomic E-state index is 0.0796. The molecule has 0 aliphatic carbocycles. The van der Waals surface area contributed by atoms with Gasteiger partial charge in [-0.3, -0.25) is 29.0 Å². The summed E-state index contributed by atoms with van der Waals surface area (Å²) in [6.45, 7) is 4.59. The molecule has 1 unspecified atom stereocenters. The van der Waals surface area contributed by atoms with Gasteiger partial charge in [-0.15, -0.1) is 0 Å². The van der Waals surface area contributed by atoms with Gasteiger partial charge >= 0.3 is 0 Å². The van der Waals surface area contributed by atoms with Crippen molar-refractivity contribution in [3.63, 3.8) is 0 Å². The lowest BCUT2D eigenvalue weighted by Gasteiger charge is -2.30. The number of hydrogen-bond acceptors (Lipinski definition) is 6. The molecule has 1 N–H and O–H groups in total. The Morgan fingerprint density at radius 1 is 0.659 bits per heavy atom. The zero-order chi connectivity index (χ0) is 28.7. The smallest absolute Gasteiger partial charge is 0.261 e. The summed E-state index contributed by atoms with van der Waals surface area (Å²) in [6.07, 6.45) is 0.828. The zero-order valence-corrected chi connectivity index (χ0v) is 23.2. The number of imide groups is 2. The fourth-order valence-electron chi connectivity index (χ4n) is 5.95. The second-order valence-electron chi connectivity index (χ2n) is 10.9. The van der Waals surface area contributed by atoms with Crippen LogP contribution in [0, 0.1) is 0 Å². The maximum Gasteiger partial charge on any atom is 0.261 e. The Hall–Kier alpha value is -4.40. The number of rotatable bonds is 10. The number of likely N-dealkylation sites (N-methyl/N-ethyl adjacent to an activating group) is 1. The van der Waals surface area contributed by atoms with Crippen molar-refractivity contribution in [2.24, 2.45) is 0 Å². The van der Waals surface area contributed by atoms with Crippen LogP contribution in [0.5, 0.6) is 0 Å². The molecule has 41 heavy (non-hydrogen) atoms. The lowest BCUT2D eigenvalue weighted by molar-refractivity contribution is 0.0584. The van der Waals surface area contributed by atoms with Gasteiger partial charge in [-0.25, -0.2) is 0 Å². The third-order valence-electron chi connectivity index (χ3n) is 8.08. The van der Waals surface area contributed by atoms with Gasteiger partial charge < -0.3 is 10.2 Å². The van der Waals surface area contributed by atoms with Gasteiger partial charge in [0.15, 0.2) is 0 Å². The molecular weight excluding hydrogens is 516 g/mol. The number of amides is 4. The number of nitrogens with one attached hydrogen (secondary N) is 1. The van der Waals surface area contributed by atoms with Crippen LogP contribution in [0.25, 0.3) is 21.5 Å². The molecule has 2 aliphatic rings. The molecule has 208 valence electrons. The summed E-state index contributed by atoms with van der Waals surface area (Å²) in [4.78, 5) is 57.3. The monoisotopic (exact) mass is 548 g/mol. The van der Waals surface area contributed by atoms with Crippen molar-refractivity contribution < 1.29 is 19.2 Å². The van der Waals surface area contributed by atoms with E-state index in [0.29, 0.717) is 41.9 Å². The number of nitrogens with zero attached hydrogens (tertiary/aromatic N) is 3. The highest BCUT2D eigenvalue weighted by molar-refractivity contribution is 6.26. The summed E-state index contributed by atoms with van der Waals surface area (Å²) in [7, 11) is 1.97. The van der Waals surface area contributed by atoms with Crippen LogP contribution in [0.4, 0.5) is 0 Å². The highest BCUT2D eigenvalue weighted by atomic mass is 16.2. The van der Waals surface area contributed by atoms with Crippen LogP contribution in [0.15, 0.2) is 72.8 Å². The van der Waals surface area contributed by atoms with Crippen LogP contribution in [0.3, 0.4) is 0 Å². The summed E-state index contributed by atoms with van der Waals surface area (Å²) in [5.41, 5.74) is 2.28. The summed E-state index contributed by atoms with van der Waals surface area (Å²) in [6, 6.07) is 22.1. The molecule has 0 bridgehead atoms. The quantitative estimate of drug-likeness (QED) is 0.236. The Balaban J connectivity index is 0.984. The van der Waals surface area contributed by atoms with Gasteiger partial charge in [0, 0.05) is 58.7 Å². The average Bonchev–Trinajstić information content (AvgIpc) is 2.98. The zero-order valence-electron chi connectivity index (χ0n) is 23.2. The molecule has 0 spiro atoms. The van der Waals surface area contributed by atoms with Gasteiger partial charge in [-0.1, -0.05) is 48.5 Å². The van der Waals surface area contributed by atoms with E-state index in [-0.39, 0.29) is 36.2 Å². The lowest BCUT2D eigenvalue weighted by Crippen LogP contribution is -2.47. The Morgan fingerprint density at radius 2 is 1.10 bits per heavy atom. The van der Waals surface area contributed by atoms with Crippen molar-refractivity contribution >= 4 is 45.2 Å². The van der Waals surface area contributed by atoms with Crippen molar-refractivity contribution in [3.05, 3.63) is 95.1 Å². The molecule has 0 fully saturated rings. The first-order valence-electron chi connectivity index (χ1n) is 14.0. The van der Waals surface area contributed by atoms with E-state index in [2.05, 4.69) is 10.2 Å². The highest BCUT2D eigenvalue weighted by Gasteiger charge is 2.34. The van der Waals surface area contributed by atoms with Crippen molar-refractivity contribution in [3.8, 4) is 0 Å².